The van der Waals surface area contributed by atoms with E-state index in [1.54, 1.807) is 49.5 Å². The van der Waals surface area contributed by atoms with Gasteiger partial charge in [0.1, 0.15) is 33.5 Å². The second-order valence-corrected chi connectivity index (χ2v) is 9.35. The van der Waals surface area contributed by atoms with E-state index in [-0.39, 0.29) is 22.6 Å². The van der Waals surface area contributed by atoms with Crippen LogP contribution < -0.4 is 14.4 Å². The molecule has 36 heavy (non-hydrogen) atoms. The molecule has 182 valence electrons. The van der Waals surface area contributed by atoms with Gasteiger partial charge in [0.15, 0.2) is 0 Å². The highest BCUT2D eigenvalue weighted by molar-refractivity contribution is 8.00. The first-order valence-corrected chi connectivity index (χ1v) is 12.4. The number of methoxy groups -OCH3 is 2. The summed E-state index contributed by atoms with van der Waals surface area (Å²) in [6.45, 7) is 0. The van der Waals surface area contributed by atoms with Gasteiger partial charge in [0.05, 0.1) is 36.9 Å². The summed E-state index contributed by atoms with van der Waals surface area (Å²) in [5.41, 5.74) is 2.85. The lowest BCUT2D eigenvalue weighted by Gasteiger charge is -2.26. The van der Waals surface area contributed by atoms with Crippen molar-refractivity contribution in [1.82, 2.24) is 4.98 Å². The molecule has 0 spiro atoms. The number of aromatic hydroxyl groups is 1. The van der Waals surface area contributed by atoms with Crippen LogP contribution in [0.25, 0.3) is 10.9 Å². The number of hydrogen-bond acceptors (Lipinski definition) is 8. The summed E-state index contributed by atoms with van der Waals surface area (Å²) >= 11 is 8.04. The smallest absolute Gasteiger partial charge is 0.238 e. The zero-order valence-electron chi connectivity index (χ0n) is 19.4. The molecule has 2 heterocycles. The number of thioether (sulfide) groups is 1. The third-order valence-corrected chi connectivity index (χ3v) is 7.20. The maximum Gasteiger partial charge on any atom is 0.238 e. The number of pyridine rings is 1. The van der Waals surface area contributed by atoms with E-state index in [0.717, 1.165) is 5.39 Å². The van der Waals surface area contributed by atoms with Crippen molar-refractivity contribution in [1.29, 1.82) is 0 Å². The van der Waals surface area contributed by atoms with Crippen molar-refractivity contribution in [3.63, 3.8) is 0 Å². The number of anilines is 1. The molecule has 0 radical (unpaired) electrons. The number of carbonyl (C=O) groups is 1. The van der Waals surface area contributed by atoms with E-state index < -0.39 is 5.37 Å². The van der Waals surface area contributed by atoms with Gasteiger partial charge in [-0.1, -0.05) is 11.6 Å². The van der Waals surface area contributed by atoms with Gasteiger partial charge < -0.3 is 14.6 Å². The Morgan fingerprint density at radius 2 is 1.75 bits per heavy atom. The number of benzene rings is 3. The summed E-state index contributed by atoms with van der Waals surface area (Å²) in [5, 5.41) is 19.6. The minimum Gasteiger partial charge on any atom is -0.508 e. The third-order valence-electron chi connectivity index (χ3n) is 5.70. The van der Waals surface area contributed by atoms with E-state index in [2.05, 4.69) is 15.2 Å². The number of ether oxygens (including phenoxy) is 2. The van der Waals surface area contributed by atoms with E-state index in [1.165, 1.54) is 23.9 Å². The molecule has 4 aromatic rings. The normalized spacial score (nSPS) is 15.7. The summed E-state index contributed by atoms with van der Waals surface area (Å²) in [6, 6.07) is 19.2. The second-order valence-electron chi connectivity index (χ2n) is 7.93. The SMILES string of the molecule is COc1ccc(N=Nc2ccc(O)cc2N2C(=O)CSC2c2cc3ccc(OC)cc3nc2Cl)cc1. The van der Waals surface area contributed by atoms with Crippen LogP contribution in [0, 0.1) is 0 Å². The fraction of sp³-hybridized carbons (Fsp3) is 0.154. The van der Waals surface area contributed by atoms with Gasteiger partial charge in [0.25, 0.3) is 0 Å². The quantitative estimate of drug-likeness (QED) is 0.222. The number of hydrogen-bond donors (Lipinski definition) is 1. The van der Waals surface area contributed by atoms with Crippen molar-refractivity contribution < 1.29 is 19.4 Å². The van der Waals surface area contributed by atoms with Crippen molar-refractivity contribution in [3.8, 4) is 17.2 Å². The first-order valence-electron chi connectivity index (χ1n) is 10.9. The van der Waals surface area contributed by atoms with Crippen LogP contribution in [0.5, 0.6) is 17.2 Å². The third kappa shape index (κ3) is 4.67. The van der Waals surface area contributed by atoms with Crippen LogP contribution in [-0.4, -0.2) is 36.0 Å². The predicted octanol–water partition coefficient (Wildman–Crippen LogP) is 6.81. The number of amides is 1. The number of phenols is 1. The molecule has 0 saturated carbocycles. The molecule has 1 aliphatic heterocycles. The molecular weight excluding hydrogens is 500 g/mol. The minimum atomic E-state index is -0.458. The molecule has 1 fully saturated rings. The fourth-order valence-corrected chi connectivity index (χ4v) is 5.40. The van der Waals surface area contributed by atoms with Gasteiger partial charge in [-0.2, -0.15) is 5.11 Å². The molecule has 0 aliphatic carbocycles. The number of phenolic OH excluding ortho intramolecular Hbond substituents is 1. The molecule has 1 aliphatic rings. The molecule has 3 aromatic carbocycles. The second kappa shape index (κ2) is 10.0. The van der Waals surface area contributed by atoms with Crippen LogP contribution in [0.3, 0.4) is 0 Å². The topological polar surface area (TPSA) is 96.6 Å². The summed E-state index contributed by atoms with van der Waals surface area (Å²) < 4.78 is 10.5. The molecule has 0 bridgehead atoms. The van der Waals surface area contributed by atoms with E-state index in [9.17, 15) is 9.90 Å². The lowest BCUT2D eigenvalue weighted by atomic mass is 10.1. The number of carbonyl (C=O) groups excluding carboxylic acids is 1. The summed E-state index contributed by atoms with van der Waals surface area (Å²) in [7, 11) is 3.18. The van der Waals surface area contributed by atoms with Crippen LogP contribution in [0.15, 0.2) is 77.0 Å². The number of fused-ring (bicyclic) bond motifs is 1. The van der Waals surface area contributed by atoms with Crippen molar-refractivity contribution in [3.05, 3.63) is 77.4 Å². The first kappa shape index (κ1) is 23.9. The Labute approximate surface area is 216 Å². The Morgan fingerprint density at radius 3 is 2.50 bits per heavy atom. The van der Waals surface area contributed by atoms with Gasteiger partial charge in [-0.25, -0.2) is 4.98 Å². The number of halogens is 1. The molecular formula is C26H21ClN4O4S. The highest BCUT2D eigenvalue weighted by atomic mass is 35.5. The van der Waals surface area contributed by atoms with Gasteiger partial charge >= 0.3 is 0 Å². The molecule has 1 aromatic heterocycles. The highest BCUT2D eigenvalue weighted by Gasteiger charge is 2.37. The van der Waals surface area contributed by atoms with Crippen LogP contribution in [0.4, 0.5) is 17.1 Å². The predicted molar refractivity (Wildman–Crippen MR) is 141 cm³/mol. The van der Waals surface area contributed by atoms with E-state index in [1.807, 2.05) is 24.3 Å². The minimum absolute atomic E-state index is 0.00618. The Kier molecular flexibility index (Phi) is 6.67. The molecule has 1 N–H and O–H groups in total. The maximum absolute atomic E-state index is 13.1. The van der Waals surface area contributed by atoms with E-state index in [0.29, 0.717) is 39.6 Å². The monoisotopic (exact) mass is 520 g/mol. The molecule has 5 rings (SSSR count). The molecule has 1 saturated heterocycles. The molecule has 1 atom stereocenters. The van der Waals surface area contributed by atoms with Crippen LogP contribution in [-0.2, 0) is 4.79 Å². The van der Waals surface area contributed by atoms with Gasteiger partial charge in [0.2, 0.25) is 5.91 Å². The van der Waals surface area contributed by atoms with Gasteiger partial charge in [-0.3, -0.25) is 9.69 Å². The summed E-state index contributed by atoms with van der Waals surface area (Å²) in [4.78, 5) is 19.2. The Hall–Kier alpha value is -3.82. The molecule has 8 nitrogen and oxygen atoms in total. The Morgan fingerprint density at radius 1 is 1.00 bits per heavy atom. The number of nitrogens with zero attached hydrogens (tertiary/aromatic N) is 4. The van der Waals surface area contributed by atoms with E-state index >= 15 is 0 Å². The maximum atomic E-state index is 13.1. The van der Waals surface area contributed by atoms with Crippen LogP contribution in [0.2, 0.25) is 5.15 Å². The van der Waals surface area contributed by atoms with E-state index in [4.69, 9.17) is 21.1 Å². The molecule has 1 amide bonds. The lowest BCUT2D eigenvalue weighted by molar-refractivity contribution is -0.115. The van der Waals surface area contributed by atoms with Gasteiger partial charge in [0, 0.05) is 23.1 Å². The van der Waals surface area contributed by atoms with Crippen molar-refractivity contribution >= 4 is 57.2 Å². The summed E-state index contributed by atoms with van der Waals surface area (Å²) in [6.07, 6.45) is 0. The Bertz CT molecular complexity index is 1480. The fourth-order valence-electron chi connectivity index (χ4n) is 3.90. The van der Waals surface area contributed by atoms with Crippen LogP contribution in [0.1, 0.15) is 10.9 Å². The highest BCUT2D eigenvalue weighted by Crippen LogP contribution is 2.48. The average Bonchev–Trinajstić information content (AvgIpc) is 3.28. The van der Waals surface area contributed by atoms with Crippen molar-refractivity contribution in [2.75, 3.05) is 24.9 Å². The number of azo groups is 1. The number of rotatable bonds is 6. The number of aromatic nitrogens is 1. The largest absolute Gasteiger partial charge is 0.508 e. The first-order chi connectivity index (χ1) is 17.5. The van der Waals surface area contributed by atoms with Crippen molar-refractivity contribution in [2.45, 2.75) is 5.37 Å². The molecule has 10 heteroatoms. The zero-order chi connectivity index (χ0) is 25.2. The zero-order valence-corrected chi connectivity index (χ0v) is 21.0. The summed E-state index contributed by atoms with van der Waals surface area (Å²) in [5.74, 6) is 1.50. The standard InChI is InChI=1S/C26H21ClN4O4S/c1-34-18-8-4-16(5-9-18)29-30-21-10-6-17(32)12-23(21)31-24(33)14-36-26(31)20-11-15-3-7-19(35-2)13-22(15)28-25(20)27/h3-13,26,32H,14H2,1-2H3. The van der Waals surface area contributed by atoms with Crippen molar-refractivity contribution in [2.24, 2.45) is 10.2 Å². The van der Waals surface area contributed by atoms with Gasteiger partial charge in [-0.05, 0) is 54.6 Å². The lowest BCUT2D eigenvalue weighted by Crippen LogP contribution is -2.28. The average molecular weight is 521 g/mol. The van der Waals surface area contributed by atoms with Crippen LogP contribution >= 0.6 is 23.4 Å². The van der Waals surface area contributed by atoms with Gasteiger partial charge in [-0.15, -0.1) is 16.9 Å². The Balaban J connectivity index is 1.54. The molecule has 1 unspecified atom stereocenters.